The van der Waals surface area contributed by atoms with Crippen LogP contribution in [-0.4, -0.2) is 15.0 Å². The molecule has 2 rings (SSSR count). The molecule has 0 bridgehead atoms. The Kier molecular flexibility index (Phi) is 2.96. The van der Waals surface area contributed by atoms with Crippen molar-refractivity contribution in [3.63, 3.8) is 0 Å². The molecular formula is C9H9ClN4O. The number of nitrogens with two attached hydrogens (primary N) is 1. The minimum absolute atomic E-state index is 0.250. The van der Waals surface area contributed by atoms with Gasteiger partial charge in [-0.3, -0.25) is 4.84 Å². The fourth-order valence-electron chi connectivity index (χ4n) is 1.27. The molecule has 0 radical (unpaired) electrons. The first-order chi connectivity index (χ1) is 7.31. The molecule has 5 nitrogen and oxygen atoms in total. The van der Waals surface area contributed by atoms with Crippen molar-refractivity contribution >= 4 is 11.6 Å². The monoisotopic (exact) mass is 224 g/mol. The largest absolute Gasteiger partial charge is 0.298 e. The lowest BCUT2D eigenvalue weighted by molar-refractivity contribution is 0.119. The zero-order valence-electron chi connectivity index (χ0n) is 7.80. The van der Waals surface area contributed by atoms with Crippen molar-refractivity contribution in [2.75, 3.05) is 0 Å². The second-order valence-electron chi connectivity index (χ2n) is 2.93. The first kappa shape index (κ1) is 10.1. The van der Waals surface area contributed by atoms with Crippen molar-refractivity contribution in [2.24, 2.45) is 5.90 Å². The number of hydrogen-bond acceptors (Lipinski definition) is 4. The maximum absolute atomic E-state index is 5.87. The third kappa shape index (κ3) is 2.15. The lowest BCUT2D eigenvalue weighted by Crippen LogP contribution is -2.06. The molecule has 6 heteroatoms. The Hall–Kier alpha value is -1.43. The van der Waals surface area contributed by atoms with Crippen molar-refractivity contribution in [3.8, 4) is 5.69 Å². The zero-order valence-corrected chi connectivity index (χ0v) is 8.55. The zero-order chi connectivity index (χ0) is 10.7. The number of rotatable bonds is 3. The Morgan fingerprint density at radius 2 is 2.33 bits per heavy atom. The molecular weight excluding hydrogens is 216 g/mol. The summed E-state index contributed by atoms with van der Waals surface area (Å²) >= 11 is 5.87. The van der Waals surface area contributed by atoms with Gasteiger partial charge in [-0.05, 0) is 18.2 Å². The quantitative estimate of drug-likeness (QED) is 0.799. The first-order valence-electron chi connectivity index (χ1n) is 4.28. The molecule has 0 spiro atoms. The van der Waals surface area contributed by atoms with E-state index >= 15 is 0 Å². The van der Waals surface area contributed by atoms with Gasteiger partial charge in [0.1, 0.15) is 6.61 Å². The van der Waals surface area contributed by atoms with Crippen LogP contribution >= 0.6 is 11.6 Å². The molecule has 2 N–H and O–H groups in total. The van der Waals surface area contributed by atoms with Crippen LogP contribution in [0.2, 0.25) is 5.02 Å². The molecule has 15 heavy (non-hydrogen) atoms. The molecule has 0 aliphatic carbocycles. The second kappa shape index (κ2) is 4.39. The predicted molar refractivity (Wildman–Crippen MR) is 55.3 cm³/mol. The summed E-state index contributed by atoms with van der Waals surface area (Å²) in [6.07, 6.45) is 1.59. The van der Waals surface area contributed by atoms with Crippen LogP contribution in [0.3, 0.4) is 0 Å². The van der Waals surface area contributed by atoms with Crippen LogP contribution in [-0.2, 0) is 11.4 Å². The second-order valence-corrected chi connectivity index (χ2v) is 3.36. The number of nitrogens with zero attached hydrogens (tertiary/aromatic N) is 3. The molecule has 1 aromatic heterocycles. The third-order valence-electron chi connectivity index (χ3n) is 1.90. The highest BCUT2D eigenvalue weighted by molar-refractivity contribution is 6.30. The van der Waals surface area contributed by atoms with Gasteiger partial charge in [0.2, 0.25) is 0 Å². The summed E-state index contributed by atoms with van der Waals surface area (Å²) in [5.41, 5.74) is 1.59. The lowest BCUT2D eigenvalue weighted by Gasteiger charge is -2.04. The minimum atomic E-state index is 0.250. The fraction of sp³-hybridized carbons (Fsp3) is 0.111. The molecule has 1 aromatic carbocycles. The molecule has 0 saturated carbocycles. The van der Waals surface area contributed by atoms with Crippen LogP contribution in [0.15, 0.2) is 30.5 Å². The molecule has 2 aromatic rings. The van der Waals surface area contributed by atoms with E-state index in [9.17, 15) is 0 Å². The average Bonchev–Trinajstić information content (AvgIpc) is 2.66. The van der Waals surface area contributed by atoms with Crippen molar-refractivity contribution in [2.45, 2.75) is 6.61 Å². The van der Waals surface area contributed by atoms with Crippen LogP contribution in [0.25, 0.3) is 5.69 Å². The van der Waals surface area contributed by atoms with E-state index in [4.69, 9.17) is 17.5 Å². The number of benzene rings is 1. The van der Waals surface area contributed by atoms with Crippen LogP contribution in [0.1, 0.15) is 5.69 Å². The van der Waals surface area contributed by atoms with Gasteiger partial charge in [-0.2, -0.15) is 0 Å². The Bertz CT molecular complexity index is 457. The van der Waals surface area contributed by atoms with Gasteiger partial charge in [0.05, 0.1) is 17.6 Å². The SMILES string of the molecule is NOCc1cnnn1-c1cccc(Cl)c1. The van der Waals surface area contributed by atoms with Gasteiger partial charge in [0.15, 0.2) is 0 Å². The van der Waals surface area contributed by atoms with E-state index < -0.39 is 0 Å². The summed E-state index contributed by atoms with van der Waals surface area (Å²) < 4.78 is 1.62. The van der Waals surface area contributed by atoms with Gasteiger partial charge in [-0.1, -0.05) is 22.9 Å². The number of hydrogen-bond donors (Lipinski definition) is 1. The molecule has 1 heterocycles. The summed E-state index contributed by atoms with van der Waals surface area (Å²) in [6.45, 7) is 0.250. The van der Waals surface area contributed by atoms with E-state index in [1.165, 1.54) is 0 Å². The van der Waals surface area contributed by atoms with Crippen molar-refractivity contribution in [1.82, 2.24) is 15.0 Å². The summed E-state index contributed by atoms with van der Waals surface area (Å²) in [4.78, 5) is 4.54. The highest BCUT2D eigenvalue weighted by Crippen LogP contribution is 2.15. The minimum Gasteiger partial charge on any atom is -0.298 e. The highest BCUT2D eigenvalue weighted by Gasteiger charge is 2.05. The Morgan fingerprint density at radius 1 is 1.47 bits per heavy atom. The lowest BCUT2D eigenvalue weighted by atomic mass is 10.3. The Labute approximate surface area is 91.4 Å². The molecule has 0 saturated heterocycles. The summed E-state index contributed by atoms with van der Waals surface area (Å²) in [6, 6.07) is 7.30. The van der Waals surface area contributed by atoms with E-state index in [1.807, 2.05) is 12.1 Å². The summed E-state index contributed by atoms with van der Waals surface area (Å²) in [5, 5.41) is 8.34. The van der Waals surface area contributed by atoms with E-state index in [0.29, 0.717) is 5.02 Å². The first-order valence-corrected chi connectivity index (χ1v) is 4.66. The van der Waals surface area contributed by atoms with Gasteiger partial charge < -0.3 is 0 Å². The molecule has 0 aliphatic rings. The predicted octanol–water partition coefficient (Wildman–Crippen LogP) is 1.31. The topological polar surface area (TPSA) is 66.0 Å². The summed E-state index contributed by atoms with van der Waals surface area (Å²) in [5.74, 6) is 5.00. The standard InChI is InChI=1S/C9H9ClN4O/c10-7-2-1-3-8(4-7)14-9(6-15-11)5-12-13-14/h1-5H,6,11H2. The Balaban J connectivity index is 2.40. The molecule has 0 aliphatic heterocycles. The van der Waals surface area contributed by atoms with Crippen molar-refractivity contribution < 1.29 is 4.84 Å². The Morgan fingerprint density at radius 3 is 3.07 bits per heavy atom. The number of halogens is 1. The molecule has 78 valence electrons. The molecule has 0 amide bonds. The van der Waals surface area contributed by atoms with Gasteiger partial charge in [-0.15, -0.1) is 5.10 Å². The van der Waals surface area contributed by atoms with Crippen LogP contribution < -0.4 is 5.90 Å². The maximum Gasteiger partial charge on any atom is 0.112 e. The smallest absolute Gasteiger partial charge is 0.112 e. The fourth-order valence-corrected chi connectivity index (χ4v) is 1.45. The van der Waals surface area contributed by atoms with E-state index in [2.05, 4.69) is 15.1 Å². The molecule has 0 fully saturated rings. The van der Waals surface area contributed by atoms with Gasteiger partial charge >= 0.3 is 0 Å². The number of aromatic nitrogens is 3. The van der Waals surface area contributed by atoms with Crippen LogP contribution in [0.5, 0.6) is 0 Å². The average molecular weight is 225 g/mol. The molecule has 0 unspecified atom stereocenters. The van der Waals surface area contributed by atoms with Gasteiger partial charge in [0, 0.05) is 5.02 Å². The highest BCUT2D eigenvalue weighted by atomic mass is 35.5. The van der Waals surface area contributed by atoms with E-state index in [-0.39, 0.29) is 6.61 Å². The van der Waals surface area contributed by atoms with Gasteiger partial charge in [-0.25, -0.2) is 10.6 Å². The van der Waals surface area contributed by atoms with Crippen molar-refractivity contribution in [3.05, 3.63) is 41.2 Å². The van der Waals surface area contributed by atoms with Crippen LogP contribution in [0, 0.1) is 0 Å². The third-order valence-corrected chi connectivity index (χ3v) is 2.14. The molecule has 0 atom stereocenters. The maximum atomic E-state index is 5.87. The summed E-state index contributed by atoms with van der Waals surface area (Å²) in [7, 11) is 0. The van der Waals surface area contributed by atoms with E-state index in [0.717, 1.165) is 11.4 Å². The van der Waals surface area contributed by atoms with Crippen LogP contribution in [0.4, 0.5) is 0 Å². The normalized spacial score (nSPS) is 10.5. The van der Waals surface area contributed by atoms with E-state index in [1.54, 1.807) is 23.0 Å². The van der Waals surface area contributed by atoms with Crippen molar-refractivity contribution in [1.29, 1.82) is 0 Å². The van der Waals surface area contributed by atoms with Gasteiger partial charge in [0.25, 0.3) is 0 Å².